The third-order valence-corrected chi connectivity index (χ3v) is 6.28. The van der Waals surface area contributed by atoms with E-state index < -0.39 is 29.2 Å². The van der Waals surface area contributed by atoms with Crippen LogP contribution in [0.3, 0.4) is 0 Å². The zero-order chi connectivity index (χ0) is 23.8. The molecule has 0 radical (unpaired) electrons. The van der Waals surface area contributed by atoms with Crippen LogP contribution in [0.2, 0.25) is 0 Å². The first kappa shape index (κ1) is 24.4. The number of alkyl carbamates (subject to hydrolysis) is 1. The predicted molar refractivity (Wildman–Crippen MR) is 121 cm³/mol. The van der Waals surface area contributed by atoms with Gasteiger partial charge in [0.05, 0.1) is 18.1 Å². The van der Waals surface area contributed by atoms with Gasteiger partial charge in [-0.05, 0) is 71.1 Å². The molecule has 0 aliphatic carbocycles. The number of aliphatic carboxylic acids is 1. The molecule has 0 aromatic heterocycles. The van der Waals surface area contributed by atoms with Crippen LogP contribution < -0.4 is 10.1 Å². The van der Waals surface area contributed by atoms with Crippen molar-refractivity contribution in [3.63, 3.8) is 0 Å². The average molecular weight is 448 g/mol. The van der Waals surface area contributed by atoms with Crippen molar-refractivity contribution < 1.29 is 28.9 Å². The zero-order valence-electron chi connectivity index (χ0n) is 20.2. The Kier molecular flexibility index (Phi) is 6.80. The first-order valence-electron chi connectivity index (χ1n) is 11.5. The van der Waals surface area contributed by atoms with Gasteiger partial charge in [0.15, 0.2) is 0 Å². The number of benzene rings is 1. The predicted octanol–water partition coefficient (Wildman–Crippen LogP) is 4.73. The molecular weight excluding hydrogens is 410 g/mol. The van der Waals surface area contributed by atoms with Crippen molar-refractivity contribution in [3.8, 4) is 5.75 Å². The zero-order valence-corrected chi connectivity index (χ0v) is 20.2. The summed E-state index contributed by atoms with van der Waals surface area (Å²) in [5.74, 6) is -0.571. The second-order valence-corrected chi connectivity index (χ2v) is 10.8. The minimum atomic E-state index is -0.814. The highest BCUT2D eigenvalue weighted by atomic mass is 16.6. The fourth-order valence-corrected chi connectivity index (χ4v) is 4.74. The number of carboxylic acids is 1. The number of carbonyl (C=O) groups is 2. The molecule has 2 aliphatic rings. The number of carbonyl (C=O) groups excluding carboxylic acids is 1. The molecule has 178 valence electrons. The van der Waals surface area contributed by atoms with Gasteiger partial charge in [-0.3, -0.25) is 4.79 Å². The molecule has 1 aromatic rings. The van der Waals surface area contributed by atoms with Crippen LogP contribution in [-0.4, -0.2) is 41.0 Å². The number of rotatable bonds is 5. The van der Waals surface area contributed by atoms with Crippen molar-refractivity contribution in [2.24, 2.45) is 17.8 Å². The van der Waals surface area contributed by atoms with E-state index in [0.717, 1.165) is 16.9 Å². The molecule has 4 atom stereocenters. The van der Waals surface area contributed by atoms with Crippen molar-refractivity contribution in [1.29, 1.82) is 0 Å². The summed E-state index contributed by atoms with van der Waals surface area (Å²) in [6.45, 7) is 14.0. The SMILES string of the molecule is CC(C)[C@H]1O[C@H]2c3cc(CCNC(=O)OC(C)(C)C)ccc3OC(C)(C)[C@@H]2C[C@@H]1C(=O)O. The van der Waals surface area contributed by atoms with Crippen LogP contribution in [-0.2, 0) is 20.7 Å². The highest BCUT2D eigenvalue weighted by molar-refractivity contribution is 5.71. The van der Waals surface area contributed by atoms with Crippen molar-refractivity contribution in [2.45, 2.75) is 84.7 Å². The Balaban J connectivity index is 1.79. The second kappa shape index (κ2) is 8.93. The van der Waals surface area contributed by atoms with Gasteiger partial charge in [0.1, 0.15) is 17.0 Å². The smallest absolute Gasteiger partial charge is 0.407 e. The normalized spacial score (nSPS) is 26.5. The molecular formula is C25H37NO6. The van der Waals surface area contributed by atoms with Gasteiger partial charge in [-0.15, -0.1) is 0 Å². The van der Waals surface area contributed by atoms with Gasteiger partial charge in [-0.25, -0.2) is 4.79 Å². The molecule has 7 heteroatoms. The summed E-state index contributed by atoms with van der Waals surface area (Å²) >= 11 is 0. The molecule has 32 heavy (non-hydrogen) atoms. The highest BCUT2D eigenvalue weighted by Crippen LogP contribution is 2.52. The maximum atomic E-state index is 11.9. The fraction of sp³-hybridized carbons (Fsp3) is 0.680. The first-order chi connectivity index (χ1) is 14.8. The monoisotopic (exact) mass is 447 g/mol. The van der Waals surface area contributed by atoms with Crippen LogP contribution in [0.15, 0.2) is 18.2 Å². The molecule has 2 aliphatic heterocycles. The quantitative estimate of drug-likeness (QED) is 0.678. The van der Waals surface area contributed by atoms with E-state index in [1.807, 2.05) is 60.6 Å². The highest BCUT2D eigenvalue weighted by Gasteiger charge is 2.52. The number of nitrogens with one attached hydrogen (secondary N) is 1. The number of hydrogen-bond donors (Lipinski definition) is 2. The van der Waals surface area contributed by atoms with Crippen LogP contribution in [0.4, 0.5) is 4.79 Å². The minimum absolute atomic E-state index is 0.0683. The molecule has 1 aromatic carbocycles. The van der Waals surface area contributed by atoms with Gasteiger partial charge in [-0.1, -0.05) is 19.9 Å². The minimum Gasteiger partial charge on any atom is -0.487 e. The van der Waals surface area contributed by atoms with Crippen LogP contribution in [0.25, 0.3) is 0 Å². The Bertz CT molecular complexity index is 856. The van der Waals surface area contributed by atoms with E-state index in [0.29, 0.717) is 19.4 Å². The Morgan fingerprint density at radius 3 is 2.56 bits per heavy atom. The molecule has 2 N–H and O–H groups in total. The van der Waals surface area contributed by atoms with Gasteiger partial charge in [-0.2, -0.15) is 0 Å². The molecule has 2 heterocycles. The summed E-state index contributed by atoms with van der Waals surface area (Å²) in [4.78, 5) is 23.9. The molecule has 7 nitrogen and oxygen atoms in total. The van der Waals surface area contributed by atoms with E-state index in [2.05, 4.69) is 11.4 Å². The van der Waals surface area contributed by atoms with E-state index >= 15 is 0 Å². The van der Waals surface area contributed by atoms with Gasteiger partial charge in [0, 0.05) is 18.0 Å². The Morgan fingerprint density at radius 2 is 1.97 bits per heavy atom. The summed E-state index contributed by atoms with van der Waals surface area (Å²) in [6.07, 6.45) is 0.137. The summed E-state index contributed by atoms with van der Waals surface area (Å²) in [6, 6.07) is 6.01. The van der Waals surface area contributed by atoms with E-state index in [9.17, 15) is 14.7 Å². The Labute approximate surface area is 190 Å². The number of fused-ring (bicyclic) bond motifs is 3. The number of carboxylic acid groups (broad SMARTS) is 1. The Hall–Kier alpha value is -2.28. The third kappa shape index (κ3) is 5.37. The van der Waals surface area contributed by atoms with Gasteiger partial charge in [0.2, 0.25) is 0 Å². The van der Waals surface area contributed by atoms with Crippen LogP contribution in [0.5, 0.6) is 5.75 Å². The first-order valence-corrected chi connectivity index (χ1v) is 11.5. The molecule has 3 rings (SSSR count). The summed E-state index contributed by atoms with van der Waals surface area (Å²) in [7, 11) is 0. The standard InChI is InChI=1S/C25H37NO6/c1-14(2)20-17(22(27)28)13-18-21(30-20)16-12-15(8-9-19(16)31-25(18,6)7)10-11-26-23(29)32-24(3,4)5/h8-9,12,14,17-18,20-21H,10-11,13H2,1-7H3,(H,26,29)(H,27,28)/t17-,18+,20+,21-/m0/s1. The molecule has 1 amide bonds. The van der Waals surface area contributed by atoms with E-state index in [-0.39, 0.29) is 24.0 Å². The van der Waals surface area contributed by atoms with Crippen molar-refractivity contribution in [2.75, 3.05) is 6.54 Å². The van der Waals surface area contributed by atoms with Crippen molar-refractivity contribution in [1.82, 2.24) is 5.32 Å². The molecule has 0 saturated carbocycles. The van der Waals surface area contributed by atoms with Crippen molar-refractivity contribution >= 4 is 12.1 Å². The number of hydrogen-bond acceptors (Lipinski definition) is 5. The largest absolute Gasteiger partial charge is 0.487 e. The molecule has 0 spiro atoms. The van der Waals surface area contributed by atoms with Crippen LogP contribution >= 0.6 is 0 Å². The summed E-state index contributed by atoms with van der Waals surface area (Å²) in [5.41, 5.74) is 0.937. The maximum Gasteiger partial charge on any atom is 0.407 e. The van der Waals surface area contributed by atoms with Gasteiger partial charge >= 0.3 is 12.1 Å². The number of amides is 1. The van der Waals surface area contributed by atoms with Gasteiger partial charge < -0.3 is 24.6 Å². The average Bonchev–Trinajstić information content (AvgIpc) is 2.65. The van der Waals surface area contributed by atoms with Gasteiger partial charge in [0.25, 0.3) is 0 Å². The molecule has 1 fully saturated rings. The van der Waals surface area contributed by atoms with E-state index in [4.69, 9.17) is 14.2 Å². The molecule has 0 unspecified atom stereocenters. The van der Waals surface area contributed by atoms with E-state index in [1.165, 1.54) is 0 Å². The lowest BCUT2D eigenvalue weighted by Gasteiger charge is -2.51. The number of ether oxygens (including phenoxy) is 3. The Morgan fingerprint density at radius 1 is 1.28 bits per heavy atom. The second-order valence-electron chi connectivity index (χ2n) is 10.8. The third-order valence-electron chi connectivity index (χ3n) is 6.28. The lowest BCUT2D eigenvalue weighted by Crippen LogP contribution is -2.53. The lowest BCUT2D eigenvalue weighted by molar-refractivity contribution is -0.195. The topological polar surface area (TPSA) is 94.1 Å². The molecule has 1 saturated heterocycles. The van der Waals surface area contributed by atoms with Crippen LogP contribution in [0, 0.1) is 17.8 Å². The van der Waals surface area contributed by atoms with Crippen LogP contribution in [0.1, 0.15) is 72.1 Å². The fourth-order valence-electron chi connectivity index (χ4n) is 4.74. The summed E-state index contributed by atoms with van der Waals surface area (Å²) < 4.78 is 18.1. The maximum absolute atomic E-state index is 11.9. The molecule has 0 bridgehead atoms. The van der Waals surface area contributed by atoms with E-state index in [1.54, 1.807) is 0 Å². The lowest BCUT2D eigenvalue weighted by atomic mass is 9.70. The van der Waals surface area contributed by atoms with Crippen molar-refractivity contribution in [3.05, 3.63) is 29.3 Å². The summed E-state index contributed by atoms with van der Waals surface area (Å²) in [5, 5.41) is 12.6.